The molecule has 7 heteroatoms. The first-order valence-corrected chi connectivity index (χ1v) is 8.45. The van der Waals surface area contributed by atoms with E-state index in [1.54, 1.807) is 7.11 Å². The maximum absolute atomic E-state index is 12.5. The molecule has 1 aromatic carbocycles. The minimum absolute atomic E-state index is 0. The number of nitrogens with two attached hydrogens (primary N) is 1. The second kappa shape index (κ2) is 10.3. The summed E-state index contributed by atoms with van der Waals surface area (Å²) in [4.78, 5) is 26.2. The lowest BCUT2D eigenvalue weighted by Crippen LogP contribution is -2.48. The molecule has 1 aromatic rings. The highest BCUT2D eigenvalue weighted by Crippen LogP contribution is 2.20. The summed E-state index contributed by atoms with van der Waals surface area (Å²) in [6.45, 7) is 3.50. The number of nitrogens with one attached hydrogen (secondary N) is 1. The van der Waals surface area contributed by atoms with Crippen LogP contribution in [0.25, 0.3) is 0 Å². The summed E-state index contributed by atoms with van der Waals surface area (Å²) in [7, 11) is 1.61. The summed E-state index contributed by atoms with van der Waals surface area (Å²) < 4.78 is 5.30. The predicted octanol–water partition coefficient (Wildman–Crippen LogP) is 1.36. The van der Waals surface area contributed by atoms with Crippen molar-refractivity contribution >= 4 is 24.2 Å². The van der Waals surface area contributed by atoms with Gasteiger partial charge in [0.15, 0.2) is 0 Å². The first-order valence-electron chi connectivity index (χ1n) is 8.45. The van der Waals surface area contributed by atoms with Crippen LogP contribution in [0.3, 0.4) is 0 Å². The summed E-state index contributed by atoms with van der Waals surface area (Å²) in [6, 6.07) is 7.71. The molecule has 3 N–H and O–H groups in total. The highest BCUT2D eigenvalue weighted by Gasteiger charge is 2.25. The summed E-state index contributed by atoms with van der Waals surface area (Å²) in [5, 5.41) is 3.02. The number of para-hydroxylation sites is 1. The van der Waals surface area contributed by atoms with Gasteiger partial charge < -0.3 is 20.7 Å². The van der Waals surface area contributed by atoms with Crippen molar-refractivity contribution in [1.82, 2.24) is 10.2 Å². The van der Waals surface area contributed by atoms with E-state index in [4.69, 9.17) is 10.5 Å². The molecule has 2 amide bonds. The molecule has 6 nitrogen and oxygen atoms in total. The zero-order valence-electron chi connectivity index (χ0n) is 14.9. The third-order valence-electron chi connectivity index (χ3n) is 4.53. The van der Waals surface area contributed by atoms with E-state index in [9.17, 15) is 9.59 Å². The SMILES string of the molecule is COc1ccccc1CC(=O)N1CCC(NC(=O)C(C)CN)CC1.Cl. The van der Waals surface area contributed by atoms with Gasteiger partial charge >= 0.3 is 0 Å². The Morgan fingerprint density at radius 1 is 1.32 bits per heavy atom. The molecule has 1 aliphatic heterocycles. The maximum Gasteiger partial charge on any atom is 0.227 e. The molecule has 0 spiro atoms. The number of benzene rings is 1. The maximum atomic E-state index is 12.5. The molecule has 1 saturated heterocycles. The molecule has 1 fully saturated rings. The van der Waals surface area contributed by atoms with Gasteiger partial charge in [-0.25, -0.2) is 0 Å². The van der Waals surface area contributed by atoms with E-state index >= 15 is 0 Å². The molecule has 25 heavy (non-hydrogen) atoms. The van der Waals surface area contributed by atoms with Gasteiger partial charge in [0.1, 0.15) is 5.75 Å². The van der Waals surface area contributed by atoms with Crippen molar-refractivity contribution < 1.29 is 14.3 Å². The Labute approximate surface area is 155 Å². The quantitative estimate of drug-likeness (QED) is 0.793. The van der Waals surface area contributed by atoms with Crippen molar-refractivity contribution in [2.45, 2.75) is 32.2 Å². The van der Waals surface area contributed by atoms with Gasteiger partial charge in [-0.1, -0.05) is 25.1 Å². The van der Waals surface area contributed by atoms with Crippen molar-refractivity contribution in [2.24, 2.45) is 11.7 Å². The molecule has 1 aliphatic rings. The Morgan fingerprint density at radius 2 is 1.96 bits per heavy atom. The fourth-order valence-corrected chi connectivity index (χ4v) is 2.85. The Kier molecular flexibility index (Phi) is 8.72. The third kappa shape index (κ3) is 5.90. The van der Waals surface area contributed by atoms with Crippen molar-refractivity contribution in [1.29, 1.82) is 0 Å². The topological polar surface area (TPSA) is 84.7 Å². The number of nitrogens with zero attached hydrogens (tertiary/aromatic N) is 1. The zero-order valence-corrected chi connectivity index (χ0v) is 15.7. The largest absolute Gasteiger partial charge is 0.496 e. The van der Waals surface area contributed by atoms with Crippen LogP contribution in [0.1, 0.15) is 25.3 Å². The van der Waals surface area contributed by atoms with Crippen LogP contribution in [-0.4, -0.2) is 49.5 Å². The highest BCUT2D eigenvalue weighted by molar-refractivity contribution is 5.85. The van der Waals surface area contributed by atoms with Crippen LogP contribution in [0.15, 0.2) is 24.3 Å². The van der Waals surface area contributed by atoms with E-state index in [-0.39, 0.29) is 36.2 Å². The number of hydrogen-bond donors (Lipinski definition) is 2. The van der Waals surface area contributed by atoms with Crippen LogP contribution in [-0.2, 0) is 16.0 Å². The number of carbonyl (C=O) groups excluding carboxylic acids is 2. The summed E-state index contributed by atoms with van der Waals surface area (Å²) >= 11 is 0. The van der Waals surface area contributed by atoms with Gasteiger partial charge in [0.2, 0.25) is 11.8 Å². The monoisotopic (exact) mass is 369 g/mol. The Hall–Kier alpha value is -1.79. The van der Waals surface area contributed by atoms with E-state index in [1.807, 2.05) is 36.1 Å². The Morgan fingerprint density at radius 3 is 2.56 bits per heavy atom. The van der Waals surface area contributed by atoms with E-state index in [0.29, 0.717) is 26.1 Å². The molecule has 0 radical (unpaired) electrons. The van der Waals surface area contributed by atoms with Gasteiger partial charge in [-0.3, -0.25) is 9.59 Å². The molecular weight excluding hydrogens is 342 g/mol. The number of halogens is 1. The van der Waals surface area contributed by atoms with E-state index in [1.165, 1.54) is 0 Å². The number of rotatable bonds is 6. The van der Waals surface area contributed by atoms with Crippen LogP contribution in [0.4, 0.5) is 0 Å². The third-order valence-corrected chi connectivity index (χ3v) is 4.53. The summed E-state index contributed by atoms with van der Waals surface area (Å²) in [5.41, 5.74) is 6.41. The molecule has 1 atom stereocenters. The van der Waals surface area contributed by atoms with Crippen molar-refractivity contribution in [2.75, 3.05) is 26.7 Å². The van der Waals surface area contributed by atoms with Gasteiger partial charge in [0.05, 0.1) is 13.5 Å². The van der Waals surface area contributed by atoms with Crippen LogP contribution < -0.4 is 15.8 Å². The van der Waals surface area contributed by atoms with Crippen LogP contribution in [0.2, 0.25) is 0 Å². The van der Waals surface area contributed by atoms with Crippen molar-refractivity contribution in [3.05, 3.63) is 29.8 Å². The highest BCUT2D eigenvalue weighted by atomic mass is 35.5. The molecule has 140 valence electrons. The molecule has 2 rings (SSSR count). The molecule has 1 heterocycles. The van der Waals surface area contributed by atoms with Crippen LogP contribution >= 0.6 is 12.4 Å². The van der Waals surface area contributed by atoms with Crippen LogP contribution in [0.5, 0.6) is 5.75 Å². The molecule has 0 bridgehead atoms. The number of amides is 2. The van der Waals surface area contributed by atoms with Gasteiger partial charge in [-0.15, -0.1) is 12.4 Å². The predicted molar refractivity (Wildman–Crippen MR) is 99.9 cm³/mol. The lowest BCUT2D eigenvalue weighted by atomic mass is 10.0. The average Bonchev–Trinajstić information content (AvgIpc) is 2.61. The van der Waals surface area contributed by atoms with Gasteiger partial charge in [0.25, 0.3) is 0 Å². The normalized spacial score (nSPS) is 15.9. The molecular formula is C18H28ClN3O3. The molecule has 0 aromatic heterocycles. The van der Waals surface area contributed by atoms with Crippen LogP contribution in [0, 0.1) is 5.92 Å². The number of likely N-dealkylation sites (tertiary alicyclic amines) is 1. The molecule has 0 aliphatic carbocycles. The van der Waals surface area contributed by atoms with Gasteiger partial charge in [-0.2, -0.15) is 0 Å². The first kappa shape index (κ1) is 21.3. The molecule has 1 unspecified atom stereocenters. The fraction of sp³-hybridized carbons (Fsp3) is 0.556. The first-order chi connectivity index (χ1) is 11.5. The minimum Gasteiger partial charge on any atom is -0.496 e. The lowest BCUT2D eigenvalue weighted by molar-refractivity contribution is -0.131. The van der Waals surface area contributed by atoms with E-state index in [2.05, 4.69) is 5.32 Å². The Bertz CT molecular complexity index is 574. The number of carbonyl (C=O) groups is 2. The standard InChI is InChI=1S/C18H27N3O3.ClH/c1-13(12-19)18(23)20-15-7-9-21(10-8-15)17(22)11-14-5-3-4-6-16(14)24-2;/h3-6,13,15H,7-12,19H2,1-2H3,(H,20,23);1H. The van der Waals surface area contributed by atoms with E-state index in [0.717, 1.165) is 24.2 Å². The zero-order chi connectivity index (χ0) is 17.5. The second-order valence-corrected chi connectivity index (χ2v) is 6.29. The molecule has 0 saturated carbocycles. The van der Waals surface area contributed by atoms with Crippen molar-refractivity contribution in [3.63, 3.8) is 0 Å². The van der Waals surface area contributed by atoms with E-state index < -0.39 is 0 Å². The smallest absolute Gasteiger partial charge is 0.227 e. The minimum atomic E-state index is -0.171. The number of ether oxygens (including phenoxy) is 1. The number of methoxy groups -OCH3 is 1. The van der Waals surface area contributed by atoms with Gasteiger partial charge in [0, 0.05) is 37.2 Å². The average molecular weight is 370 g/mol. The summed E-state index contributed by atoms with van der Waals surface area (Å²) in [5.74, 6) is 0.662. The number of piperidine rings is 1. The number of hydrogen-bond acceptors (Lipinski definition) is 4. The lowest BCUT2D eigenvalue weighted by Gasteiger charge is -2.33. The summed E-state index contributed by atoms with van der Waals surface area (Å²) in [6.07, 6.45) is 1.90. The van der Waals surface area contributed by atoms with Gasteiger partial charge in [-0.05, 0) is 18.9 Å². The van der Waals surface area contributed by atoms with Crippen molar-refractivity contribution in [3.8, 4) is 5.75 Å². The second-order valence-electron chi connectivity index (χ2n) is 6.29. The fourth-order valence-electron chi connectivity index (χ4n) is 2.85. The Balaban J connectivity index is 0.00000312.